The Hall–Kier alpha value is -4.69. The zero-order chi connectivity index (χ0) is 35.9. The fourth-order valence-electron chi connectivity index (χ4n) is 5.61. The van der Waals surface area contributed by atoms with Gasteiger partial charge in [0.05, 0.1) is 5.69 Å². The number of fused-ring (bicyclic) bond motifs is 1. The monoisotopic (exact) mass is 685 g/mol. The normalized spacial score (nSPS) is 15.4. The van der Waals surface area contributed by atoms with Gasteiger partial charge in [0, 0.05) is 45.0 Å². The number of halogens is 3. The molecule has 0 unspecified atom stereocenters. The van der Waals surface area contributed by atoms with E-state index in [2.05, 4.69) is 20.3 Å². The van der Waals surface area contributed by atoms with Crippen LogP contribution in [0.3, 0.4) is 0 Å². The molecule has 3 aromatic heterocycles. The van der Waals surface area contributed by atoms with Crippen molar-refractivity contribution in [2.75, 3.05) is 18.0 Å². The van der Waals surface area contributed by atoms with Crippen LogP contribution >= 0.6 is 0 Å². The van der Waals surface area contributed by atoms with Crippen LogP contribution in [-0.4, -0.2) is 72.2 Å². The first kappa shape index (κ1) is 35.6. The van der Waals surface area contributed by atoms with Crippen LogP contribution in [0, 0.1) is 0 Å². The summed E-state index contributed by atoms with van der Waals surface area (Å²) >= 11 is 0. The summed E-state index contributed by atoms with van der Waals surface area (Å²) in [5, 5.41) is 12.7. The molecule has 1 fully saturated rings. The molecule has 49 heavy (non-hydrogen) atoms. The molecule has 1 atom stereocenters. The van der Waals surface area contributed by atoms with E-state index in [-0.39, 0.29) is 41.4 Å². The average Bonchev–Trinajstić information content (AvgIpc) is 3.58. The van der Waals surface area contributed by atoms with E-state index < -0.39 is 41.4 Å². The molecule has 0 saturated carbocycles. The van der Waals surface area contributed by atoms with E-state index in [1.165, 1.54) is 0 Å². The largest absolute Gasteiger partial charge is 0.509 e. The minimum atomic E-state index is -4.79. The smallest absolute Gasteiger partial charge is 0.442 e. The Morgan fingerprint density at radius 2 is 1.67 bits per heavy atom. The highest BCUT2D eigenvalue weighted by atomic mass is 19.4. The molecule has 4 aromatic rings. The number of anilines is 1. The number of hydrogen-bond acceptors (Lipinski definition) is 10. The number of hydrogen-bond donors (Lipinski definition) is 0. The van der Waals surface area contributed by atoms with Crippen LogP contribution in [0.5, 0.6) is 0 Å². The van der Waals surface area contributed by atoms with Crippen molar-refractivity contribution in [1.29, 1.82) is 0 Å². The van der Waals surface area contributed by atoms with E-state index >= 15 is 0 Å². The number of benzene rings is 1. The molecule has 0 bridgehead atoms. The summed E-state index contributed by atoms with van der Waals surface area (Å²) in [7, 11) is 1.85. The van der Waals surface area contributed by atoms with E-state index in [0.29, 0.717) is 24.8 Å². The average molecular weight is 686 g/mol. The SMILES string of the molecule is C[C@H](Cc1nncn1C)c1cccc(-c2nn(C(=O)OC(C)(C)C)c3c(N4CCC(OC(=O)OC(C)(C)C)CC4)cc(C(F)(F)F)nc23)c1. The van der Waals surface area contributed by atoms with Gasteiger partial charge >= 0.3 is 18.4 Å². The third kappa shape index (κ3) is 8.49. The van der Waals surface area contributed by atoms with Crippen LogP contribution in [0.25, 0.3) is 22.3 Å². The Labute approximate surface area is 282 Å². The second-order valence-electron chi connectivity index (χ2n) is 14.3. The lowest BCUT2D eigenvalue weighted by atomic mass is 9.95. The van der Waals surface area contributed by atoms with Crippen LogP contribution < -0.4 is 4.90 Å². The molecule has 0 radical (unpaired) electrons. The van der Waals surface area contributed by atoms with Gasteiger partial charge < -0.3 is 23.7 Å². The van der Waals surface area contributed by atoms with E-state index in [0.717, 1.165) is 22.1 Å². The Kier molecular flexibility index (Phi) is 9.68. The molecule has 0 aliphatic carbocycles. The molecule has 0 N–H and O–H groups in total. The minimum absolute atomic E-state index is 0.0273. The van der Waals surface area contributed by atoms with E-state index in [4.69, 9.17) is 14.2 Å². The lowest BCUT2D eigenvalue weighted by Crippen LogP contribution is -2.39. The van der Waals surface area contributed by atoms with Gasteiger partial charge in [0.2, 0.25) is 0 Å². The van der Waals surface area contributed by atoms with Crippen molar-refractivity contribution in [3.05, 3.63) is 53.7 Å². The highest BCUT2D eigenvalue weighted by Gasteiger charge is 2.37. The van der Waals surface area contributed by atoms with Gasteiger partial charge in [0.1, 0.15) is 51.9 Å². The third-order valence-corrected chi connectivity index (χ3v) is 7.92. The van der Waals surface area contributed by atoms with E-state index in [1.807, 2.05) is 30.7 Å². The Balaban J connectivity index is 1.58. The summed E-state index contributed by atoms with van der Waals surface area (Å²) in [6.45, 7) is 12.7. The third-order valence-electron chi connectivity index (χ3n) is 7.92. The summed E-state index contributed by atoms with van der Waals surface area (Å²) in [5.74, 6) is 0.749. The maximum Gasteiger partial charge on any atom is 0.509 e. The van der Waals surface area contributed by atoms with Crippen LogP contribution in [0.1, 0.15) is 84.3 Å². The number of piperidine rings is 1. The van der Waals surface area contributed by atoms with Crippen LogP contribution in [0.2, 0.25) is 0 Å². The predicted octanol–water partition coefficient (Wildman–Crippen LogP) is 7.30. The fraction of sp³-hybridized carbons (Fsp3) is 0.529. The number of rotatable bonds is 6. The first-order valence-corrected chi connectivity index (χ1v) is 16.1. The number of pyridine rings is 1. The lowest BCUT2D eigenvalue weighted by molar-refractivity contribution is -0.140. The quantitative estimate of drug-likeness (QED) is 0.191. The number of carbonyl (C=O) groups is 2. The molecule has 0 spiro atoms. The Morgan fingerprint density at radius 3 is 2.27 bits per heavy atom. The van der Waals surface area contributed by atoms with Crippen molar-refractivity contribution in [1.82, 2.24) is 29.5 Å². The highest BCUT2D eigenvalue weighted by molar-refractivity contribution is 6.02. The maximum atomic E-state index is 14.4. The molecule has 15 heteroatoms. The molecular formula is C34H42F3N7O5. The predicted molar refractivity (Wildman–Crippen MR) is 175 cm³/mol. The lowest BCUT2D eigenvalue weighted by Gasteiger charge is -2.34. The van der Waals surface area contributed by atoms with Crippen molar-refractivity contribution in [3.63, 3.8) is 0 Å². The minimum Gasteiger partial charge on any atom is -0.442 e. The van der Waals surface area contributed by atoms with Gasteiger partial charge in [-0.2, -0.15) is 23.0 Å². The molecule has 1 aromatic carbocycles. The van der Waals surface area contributed by atoms with Gasteiger partial charge in [-0.05, 0) is 65.2 Å². The Morgan fingerprint density at radius 1 is 1.00 bits per heavy atom. The van der Waals surface area contributed by atoms with Crippen molar-refractivity contribution >= 4 is 29.0 Å². The second-order valence-corrected chi connectivity index (χ2v) is 14.3. The van der Waals surface area contributed by atoms with Gasteiger partial charge in [-0.3, -0.25) is 0 Å². The molecule has 1 saturated heterocycles. The van der Waals surface area contributed by atoms with Gasteiger partial charge in [-0.1, -0.05) is 25.1 Å². The van der Waals surface area contributed by atoms with Crippen LogP contribution in [0.4, 0.5) is 28.4 Å². The molecule has 0 amide bonds. The molecule has 1 aliphatic rings. The number of nitrogens with zero attached hydrogens (tertiary/aromatic N) is 7. The van der Waals surface area contributed by atoms with Crippen molar-refractivity contribution in [2.24, 2.45) is 7.05 Å². The zero-order valence-corrected chi connectivity index (χ0v) is 29.0. The molecule has 12 nitrogen and oxygen atoms in total. The number of aromatic nitrogens is 6. The Bertz CT molecular complexity index is 1830. The fourth-order valence-corrected chi connectivity index (χ4v) is 5.61. The van der Waals surface area contributed by atoms with E-state index in [9.17, 15) is 22.8 Å². The summed E-state index contributed by atoms with van der Waals surface area (Å²) in [4.78, 5) is 31.7. The van der Waals surface area contributed by atoms with E-state index in [1.54, 1.807) is 64.9 Å². The number of ether oxygens (including phenoxy) is 3. The summed E-state index contributed by atoms with van der Waals surface area (Å²) < 4.78 is 62.5. The van der Waals surface area contributed by atoms with Gasteiger partial charge in [0.15, 0.2) is 0 Å². The summed E-state index contributed by atoms with van der Waals surface area (Å²) in [5.41, 5.74) is -1.20. The summed E-state index contributed by atoms with van der Waals surface area (Å²) in [6.07, 6.45) is -4.12. The number of aryl methyl sites for hydroxylation is 1. The zero-order valence-electron chi connectivity index (χ0n) is 29.0. The molecule has 5 rings (SSSR count). The molecule has 264 valence electrons. The van der Waals surface area contributed by atoms with Crippen molar-refractivity contribution < 1.29 is 37.0 Å². The van der Waals surface area contributed by atoms with Crippen molar-refractivity contribution in [3.8, 4) is 11.3 Å². The second kappa shape index (κ2) is 13.3. The van der Waals surface area contributed by atoms with Gasteiger partial charge in [-0.25, -0.2) is 14.6 Å². The number of carbonyl (C=O) groups excluding carboxylic acids is 2. The first-order chi connectivity index (χ1) is 22.8. The van der Waals surface area contributed by atoms with Crippen molar-refractivity contribution in [2.45, 2.75) is 97.1 Å². The maximum absolute atomic E-state index is 14.4. The molecule has 4 heterocycles. The highest BCUT2D eigenvalue weighted by Crippen LogP contribution is 2.40. The molecule has 1 aliphatic heterocycles. The van der Waals surface area contributed by atoms with Gasteiger partial charge in [-0.15, -0.1) is 10.2 Å². The first-order valence-electron chi connectivity index (χ1n) is 16.1. The molecular weight excluding hydrogens is 643 g/mol. The van der Waals surface area contributed by atoms with Gasteiger partial charge in [0.25, 0.3) is 0 Å². The number of alkyl halides is 3. The topological polar surface area (TPSA) is 126 Å². The summed E-state index contributed by atoms with van der Waals surface area (Å²) in [6, 6.07) is 8.20. The van der Waals surface area contributed by atoms with Crippen LogP contribution in [-0.2, 0) is 33.9 Å². The standard InChI is InChI=1S/C34H42F3N7O5/c1-20(16-26-40-38-19-42(26)8)21-10-9-11-22(17-21)27-28-29(44(41-27)30(45)48-32(2,3)4)24(18-25(39-28)34(35,36)37)43-14-12-23(13-15-43)47-31(46)49-33(5,6)7/h9-11,17-20,23H,12-16H2,1-8H3/t20-/m1/s1. The van der Waals surface area contributed by atoms with Crippen LogP contribution in [0.15, 0.2) is 36.7 Å².